The topological polar surface area (TPSA) is 84.1 Å². The third kappa shape index (κ3) is 4.66. The van der Waals surface area contributed by atoms with E-state index in [2.05, 4.69) is 38.1 Å². The molecule has 7 heteroatoms. The van der Waals surface area contributed by atoms with Gasteiger partial charge >= 0.3 is 0 Å². The highest BCUT2D eigenvalue weighted by Gasteiger charge is 2.16. The summed E-state index contributed by atoms with van der Waals surface area (Å²) in [6, 6.07) is 0. The van der Waals surface area contributed by atoms with E-state index in [1.165, 1.54) is 6.33 Å². The standard InChI is InChI=1S/C12H20BrN5O/c1-3-5-6-18(7-9(14)19)12-10(13)11(15-4-2)16-8-17-12/h8H,3-7H2,1-2H3,(H2,14,19)(H,15,16,17). The summed E-state index contributed by atoms with van der Waals surface area (Å²) in [6.07, 6.45) is 3.50. The van der Waals surface area contributed by atoms with Crippen molar-refractivity contribution in [3.63, 3.8) is 0 Å². The minimum atomic E-state index is -0.369. The number of halogens is 1. The monoisotopic (exact) mass is 329 g/mol. The molecule has 1 aromatic rings. The predicted octanol–water partition coefficient (Wildman–Crippen LogP) is 1.76. The lowest BCUT2D eigenvalue weighted by molar-refractivity contribution is -0.116. The lowest BCUT2D eigenvalue weighted by atomic mass is 10.3. The minimum absolute atomic E-state index is 0.154. The molecule has 3 N–H and O–H groups in total. The molecule has 0 saturated carbocycles. The van der Waals surface area contributed by atoms with Crippen LogP contribution in [0, 0.1) is 0 Å². The van der Waals surface area contributed by atoms with Crippen molar-refractivity contribution < 1.29 is 4.79 Å². The number of anilines is 2. The number of carbonyl (C=O) groups excluding carboxylic acids is 1. The number of hydrogen-bond donors (Lipinski definition) is 2. The number of carbonyl (C=O) groups is 1. The summed E-state index contributed by atoms with van der Waals surface area (Å²) in [6.45, 7) is 5.75. The highest BCUT2D eigenvalue weighted by atomic mass is 79.9. The first-order valence-electron chi connectivity index (χ1n) is 6.37. The molecule has 1 aromatic heterocycles. The molecule has 0 saturated heterocycles. The van der Waals surface area contributed by atoms with Gasteiger partial charge in [0.1, 0.15) is 22.4 Å². The molecule has 0 atom stereocenters. The van der Waals surface area contributed by atoms with Gasteiger partial charge in [0.05, 0.1) is 6.54 Å². The maximum absolute atomic E-state index is 11.2. The molecular weight excluding hydrogens is 310 g/mol. The zero-order valence-corrected chi connectivity index (χ0v) is 12.9. The molecule has 0 aromatic carbocycles. The first-order valence-corrected chi connectivity index (χ1v) is 7.17. The Morgan fingerprint density at radius 1 is 1.47 bits per heavy atom. The van der Waals surface area contributed by atoms with Gasteiger partial charge in [0.25, 0.3) is 0 Å². The highest BCUT2D eigenvalue weighted by molar-refractivity contribution is 9.10. The highest BCUT2D eigenvalue weighted by Crippen LogP contribution is 2.29. The zero-order chi connectivity index (χ0) is 14.3. The van der Waals surface area contributed by atoms with Crippen LogP contribution in [0.2, 0.25) is 0 Å². The number of nitrogens with one attached hydrogen (secondary N) is 1. The third-order valence-electron chi connectivity index (χ3n) is 2.54. The van der Waals surface area contributed by atoms with Gasteiger partial charge in [0.15, 0.2) is 0 Å². The van der Waals surface area contributed by atoms with Crippen molar-refractivity contribution in [2.24, 2.45) is 5.73 Å². The van der Waals surface area contributed by atoms with Crippen LogP contribution in [-0.4, -0.2) is 35.5 Å². The Morgan fingerprint density at radius 3 is 2.79 bits per heavy atom. The second kappa shape index (κ2) is 7.93. The summed E-state index contributed by atoms with van der Waals surface area (Å²) in [5, 5.41) is 3.14. The Balaban J connectivity index is 2.99. The minimum Gasteiger partial charge on any atom is -0.369 e. The van der Waals surface area contributed by atoms with Gasteiger partial charge in [-0.3, -0.25) is 4.79 Å². The maximum Gasteiger partial charge on any atom is 0.236 e. The van der Waals surface area contributed by atoms with Crippen LogP contribution < -0.4 is 16.0 Å². The lowest BCUT2D eigenvalue weighted by Crippen LogP contribution is -2.35. The van der Waals surface area contributed by atoms with Crippen LogP contribution in [0.4, 0.5) is 11.6 Å². The van der Waals surface area contributed by atoms with Crippen molar-refractivity contribution in [3.05, 3.63) is 10.8 Å². The number of unbranched alkanes of at least 4 members (excludes halogenated alkanes) is 1. The Morgan fingerprint density at radius 2 is 2.21 bits per heavy atom. The smallest absolute Gasteiger partial charge is 0.236 e. The van der Waals surface area contributed by atoms with Crippen LogP contribution >= 0.6 is 15.9 Å². The van der Waals surface area contributed by atoms with E-state index >= 15 is 0 Å². The van der Waals surface area contributed by atoms with Gasteiger partial charge in [0, 0.05) is 13.1 Å². The summed E-state index contributed by atoms with van der Waals surface area (Å²) in [5.74, 6) is 1.04. The van der Waals surface area contributed by atoms with Crippen molar-refractivity contribution in [2.75, 3.05) is 29.9 Å². The molecule has 0 fully saturated rings. The van der Waals surface area contributed by atoms with Gasteiger partial charge in [-0.05, 0) is 29.3 Å². The van der Waals surface area contributed by atoms with Gasteiger partial charge in [-0.25, -0.2) is 9.97 Å². The first kappa shape index (κ1) is 15.7. The lowest BCUT2D eigenvalue weighted by Gasteiger charge is -2.23. The molecule has 0 aliphatic heterocycles. The fraction of sp³-hybridized carbons (Fsp3) is 0.583. The van der Waals surface area contributed by atoms with E-state index in [9.17, 15) is 4.79 Å². The molecule has 0 radical (unpaired) electrons. The summed E-state index contributed by atoms with van der Waals surface area (Å²) in [7, 11) is 0. The Hall–Kier alpha value is -1.37. The normalized spacial score (nSPS) is 10.3. The average Bonchev–Trinajstić information content (AvgIpc) is 2.37. The van der Waals surface area contributed by atoms with E-state index in [1.807, 2.05) is 11.8 Å². The van der Waals surface area contributed by atoms with Crippen LogP contribution in [0.5, 0.6) is 0 Å². The molecule has 1 amide bonds. The van der Waals surface area contributed by atoms with Crippen molar-refractivity contribution >= 4 is 33.5 Å². The van der Waals surface area contributed by atoms with Crippen LogP contribution in [0.25, 0.3) is 0 Å². The molecule has 0 aliphatic rings. The van der Waals surface area contributed by atoms with E-state index in [0.717, 1.165) is 36.2 Å². The molecule has 1 rings (SSSR count). The predicted molar refractivity (Wildman–Crippen MR) is 80.2 cm³/mol. The fourth-order valence-corrected chi connectivity index (χ4v) is 2.26. The van der Waals surface area contributed by atoms with Crippen molar-refractivity contribution in [3.8, 4) is 0 Å². The molecule has 19 heavy (non-hydrogen) atoms. The van der Waals surface area contributed by atoms with Gasteiger partial charge in [-0.1, -0.05) is 13.3 Å². The van der Waals surface area contributed by atoms with E-state index in [1.54, 1.807) is 0 Å². The van der Waals surface area contributed by atoms with Crippen molar-refractivity contribution in [2.45, 2.75) is 26.7 Å². The number of hydrogen-bond acceptors (Lipinski definition) is 5. The number of rotatable bonds is 8. The second-order valence-corrected chi connectivity index (χ2v) is 4.92. The van der Waals surface area contributed by atoms with Gasteiger partial charge in [0.2, 0.25) is 5.91 Å². The number of aromatic nitrogens is 2. The van der Waals surface area contributed by atoms with E-state index in [-0.39, 0.29) is 12.5 Å². The fourth-order valence-electron chi connectivity index (χ4n) is 1.67. The summed E-state index contributed by atoms with van der Waals surface area (Å²) in [5.41, 5.74) is 5.29. The van der Waals surface area contributed by atoms with Gasteiger partial charge in [-0.2, -0.15) is 0 Å². The van der Waals surface area contributed by atoms with Crippen LogP contribution in [0.3, 0.4) is 0 Å². The van der Waals surface area contributed by atoms with E-state index in [0.29, 0.717) is 5.82 Å². The van der Waals surface area contributed by atoms with Crippen molar-refractivity contribution in [1.29, 1.82) is 0 Å². The zero-order valence-electron chi connectivity index (χ0n) is 11.3. The quantitative estimate of drug-likeness (QED) is 0.759. The largest absolute Gasteiger partial charge is 0.369 e. The number of nitrogens with zero attached hydrogens (tertiary/aromatic N) is 3. The number of nitrogens with two attached hydrogens (primary N) is 1. The summed E-state index contributed by atoms with van der Waals surface area (Å²) >= 11 is 3.48. The SMILES string of the molecule is CCCCN(CC(N)=O)c1ncnc(NCC)c1Br. The maximum atomic E-state index is 11.2. The molecule has 106 valence electrons. The summed E-state index contributed by atoms with van der Waals surface area (Å²) < 4.78 is 0.759. The number of primary amides is 1. The Labute approximate surface area is 121 Å². The van der Waals surface area contributed by atoms with E-state index in [4.69, 9.17) is 5.73 Å². The first-order chi connectivity index (χ1) is 9.10. The molecule has 1 heterocycles. The van der Waals surface area contributed by atoms with E-state index < -0.39 is 0 Å². The van der Waals surface area contributed by atoms with Crippen LogP contribution in [-0.2, 0) is 4.79 Å². The summed E-state index contributed by atoms with van der Waals surface area (Å²) in [4.78, 5) is 21.5. The molecule has 6 nitrogen and oxygen atoms in total. The molecule has 0 spiro atoms. The van der Waals surface area contributed by atoms with Crippen LogP contribution in [0.1, 0.15) is 26.7 Å². The van der Waals surface area contributed by atoms with Gasteiger partial charge < -0.3 is 16.0 Å². The molecule has 0 bridgehead atoms. The van der Waals surface area contributed by atoms with Gasteiger partial charge in [-0.15, -0.1) is 0 Å². The average molecular weight is 330 g/mol. The Bertz CT molecular complexity index is 427. The molecule has 0 unspecified atom stereocenters. The van der Waals surface area contributed by atoms with Crippen molar-refractivity contribution in [1.82, 2.24) is 9.97 Å². The number of amides is 1. The Kier molecular flexibility index (Phi) is 6.55. The van der Waals surface area contributed by atoms with Crippen LogP contribution in [0.15, 0.2) is 10.8 Å². The molecular formula is C12H20BrN5O. The third-order valence-corrected chi connectivity index (χ3v) is 3.27. The molecule has 0 aliphatic carbocycles. The second-order valence-electron chi connectivity index (χ2n) is 4.13.